The molecule has 0 aliphatic carbocycles. The normalized spacial score (nSPS) is 9.11. The molecule has 0 amide bonds. The summed E-state index contributed by atoms with van der Waals surface area (Å²) in [6, 6.07) is 0. The molecule has 0 fully saturated rings. The lowest BCUT2D eigenvalue weighted by molar-refractivity contribution is 0.100. The Morgan fingerprint density at radius 2 is 2.44 bits per heavy atom. The third kappa shape index (κ3) is 4.48. The van der Waals surface area contributed by atoms with Gasteiger partial charge in [0.2, 0.25) is 0 Å². The van der Waals surface area contributed by atoms with Crippen molar-refractivity contribution >= 4 is 15.9 Å². The minimum Gasteiger partial charge on any atom is -0.364 e. The molecule has 0 rings (SSSR count). The van der Waals surface area contributed by atoms with Gasteiger partial charge in [0.15, 0.2) is 0 Å². The number of rotatable bonds is 5. The topological polar surface area (TPSA) is 12.5 Å². The van der Waals surface area contributed by atoms with Gasteiger partial charge in [0.1, 0.15) is 6.73 Å². The number of methoxy groups -OCH3 is 1. The maximum absolute atomic E-state index is 4.88. The van der Waals surface area contributed by atoms with Crippen LogP contribution in [0.25, 0.3) is 0 Å². The first-order valence-corrected chi connectivity index (χ1v) is 3.88. The van der Waals surface area contributed by atoms with Gasteiger partial charge in [0.05, 0.1) is 0 Å². The van der Waals surface area contributed by atoms with Crippen LogP contribution >= 0.6 is 15.9 Å². The van der Waals surface area contributed by atoms with Gasteiger partial charge in [-0.3, -0.25) is 0 Å². The van der Waals surface area contributed by atoms with Gasteiger partial charge in [-0.05, 0) is 6.20 Å². The molecular weight excluding hydrogens is 182 g/mol. The van der Waals surface area contributed by atoms with Gasteiger partial charge in [-0.25, -0.2) is 0 Å². The summed E-state index contributed by atoms with van der Waals surface area (Å²) in [6.45, 7) is 5.19. The van der Waals surface area contributed by atoms with E-state index in [0.717, 1.165) is 11.9 Å². The zero-order chi connectivity index (χ0) is 7.11. The third-order valence-electron chi connectivity index (χ3n) is 0.925. The molecule has 0 heterocycles. The zero-order valence-electron chi connectivity index (χ0n) is 5.64. The largest absolute Gasteiger partial charge is 0.364 e. The summed E-state index contributed by atoms with van der Waals surface area (Å²) in [6.07, 6.45) is 1.77. The third-order valence-corrected chi connectivity index (χ3v) is 1.28. The van der Waals surface area contributed by atoms with E-state index in [9.17, 15) is 0 Å². The van der Waals surface area contributed by atoms with Gasteiger partial charge in [-0.2, -0.15) is 0 Å². The summed E-state index contributed by atoms with van der Waals surface area (Å²) in [5.74, 6) is 0. The van der Waals surface area contributed by atoms with Gasteiger partial charge in [-0.1, -0.05) is 22.5 Å². The summed E-state index contributed by atoms with van der Waals surface area (Å²) in [5, 5.41) is 0.947. The Balaban J connectivity index is 3.29. The van der Waals surface area contributed by atoms with Crippen LogP contribution in [0.5, 0.6) is 0 Å². The van der Waals surface area contributed by atoms with E-state index in [-0.39, 0.29) is 0 Å². The van der Waals surface area contributed by atoms with E-state index in [1.54, 1.807) is 13.3 Å². The van der Waals surface area contributed by atoms with Crippen LogP contribution in [0, 0.1) is 0 Å². The molecule has 0 aromatic rings. The fraction of sp³-hybridized carbons (Fsp3) is 0.667. The van der Waals surface area contributed by atoms with Gasteiger partial charge >= 0.3 is 0 Å². The SMILES string of the molecule is C=CN(CCBr)COC. The van der Waals surface area contributed by atoms with Crippen LogP contribution < -0.4 is 0 Å². The Morgan fingerprint density at radius 3 is 2.78 bits per heavy atom. The van der Waals surface area contributed by atoms with Crippen molar-refractivity contribution in [3.8, 4) is 0 Å². The lowest BCUT2D eigenvalue weighted by Gasteiger charge is -2.16. The smallest absolute Gasteiger partial charge is 0.118 e. The average Bonchev–Trinajstić information content (AvgIpc) is 1.88. The molecule has 0 atom stereocenters. The quantitative estimate of drug-likeness (QED) is 0.484. The molecule has 2 nitrogen and oxygen atoms in total. The minimum atomic E-state index is 0.620. The van der Waals surface area contributed by atoms with Gasteiger partial charge in [0.25, 0.3) is 0 Å². The second kappa shape index (κ2) is 6.11. The molecule has 0 aliphatic rings. The van der Waals surface area contributed by atoms with Crippen molar-refractivity contribution in [3.63, 3.8) is 0 Å². The van der Waals surface area contributed by atoms with Crippen molar-refractivity contribution in [2.75, 3.05) is 25.7 Å². The summed E-state index contributed by atoms with van der Waals surface area (Å²) in [7, 11) is 1.67. The summed E-state index contributed by atoms with van der Waals surface area (Å²) >= 11 is 3.32. The Bertz CT molecular complexity index is 71.5. The van der Waals surface area contributed by atoms with Crippen LogP contribution in [-0.2, 0) is 4.74 Å². The summed E-state index contributed by atoms with van der Waals surface area (Å²) < 4.78 is 4.88. The highest BCUT2D eigenvalue weighted by molar-refractivity contribution is 9.09. The molecule has 0 N–H and O–H groups in total. The highest BCUT2D eigenvalue weighted by Gasteiger charge is 1.92. The Kier molecular flexibility index (Phi) is 6.09. The number of hydrogen-bond acceptors (Lipinski definition) is 2. The average molecular weight is 194 g/mol. The molecular formula is C6H12BrNO. The molecule has 0 saturated heterocycles. The maximum Gasteiger partial charge on any atom is 0.118 e. The lowest BCUT2D eigenvalue weighted by atomic mass is 10.6. The second-order valence-electron chi connectivity index (χ2n) is 1.60. The fourth-order valence-corrected chi connectivity index (χ4v) is 0.938. The Hall–Kier alpha value is -0.0200. The highest BCUT2D eigenvalue weighted by Crippen LogP contribution is 1.90. The van der Waals surface area contributed by atoms with Gasteiger partial charge < -0.3 is 9.64 Å². The molecule has 0 bridgehead atoms. The van der Waals surface area contributed by atoms with Crippen LogP contribution in [0.4, 0.5) is 0 Å². The molecule has 0 aromatic heterocycles. The van der Waals surface area contributed by atoms with Crippen molar-refractivity contribution in [2.24, 2.45) is 0 Å². The van der Waals surface area contributed by atoms with E-state index in [1.807, 2.05) is 4.90 Å². The van der Waals surface area contributed by atoms with E-state index in [0.29, 0.717) is 6.73 Å². The molecule has 0 spiro atoms. The summed E-state index contributed by atoms with van der Waals surface area (Å²) in [4.78, 5) is 1.98. The first kappa shape index (κ1) is 8.98. The fourth-order valence-electron chi connectivity index (χ4n) is 0.483. The molecule has 3 heteroatoms. The molecule has 0 aromatic carbocycles. The molecule has 0 unspecified atom stereocenters. The van der Waals surface area contributed by atoms with E-state index in [1.165, 1.54) is 0 Å². The molecule has 0 aliphatic heterocycles. The predicted octanol–water partition coefficient (Wildman–Crippen LogP) is 1.43. The van der Waals surface area contributed by atoms with Crippen molar-refractivity contribution in [2.45, 2.75) is 0 Å². The number of nitrogens with zero attached hydrogens (tertiary/aromatic N) is 1. The van der Waals surface area contributed by atoms with Crippen LogP contribution in [0.3, 0.4) is 0 Å². The van der Waals surface area contributed by atoms with E-state index >= 15 is 0 Å². The Labute approximate surface area is 64.6 Å². The highest BCUT2D eigenvalue weighted by atomic mass is 79.9. The van der Waals surface area contributed by atoms with E-state index < -0.39 is 0 Å². The van der Waals surface area contributed by atoms with Crippen molar-refractivity contribution in [1.82, 2.24) is 4.90 Å². The standard InChI is InChI=1S/C6H12BrNO/c1-3-8(5-4-7)6-9-2/h3H,1,4-6H2,2H3. The number of hydrogen-bond donors (Lipinski definition) is 0. The molecule has 54 valence electrons. The van der Waals surface area contributed by atoms with Crippen molar-refractivity contribution in [3.05, 3.63) is 12.8 Å². The number of alkyl halides is 1. The van der Waals surface area contributed by atoms with Gasteiger partial charge in [-0.15, -0.1) is 0 Å². The van der Waals surface area contributed by atoms with Crippen molar-refractivity contribution < 1.29 is 4.74 Å². The predicted molar refractivity (Wildman–Crippen MR) is 42.6 cm³/mol. The second-order valence-corrected chi connectivity index (χ2v) is 2.39. The van der Waals surface area contributed by atoms with Crippen LogP contribution in [0.1, 0.15) is 0 Å². The first-order chi connectivity index (χ1) is 4.35. The monoisotopic (exact) mass is 193 g/mol. The minimum absolute atomic E-state index is 0.620. The number of halogens is 1. The van der Waals surface area contributed by atoms with Crippen LogP contribution in [0.15, 0.2) is 12.8 Å². The lowest BCUT2D eigenvalue weighted by Crippen LogP contribution is -2.21. The van der Waals surface area contributed by atoms with Crippen LogP contribution in [0.2, 0.25) is 0 Å². The number of ether oxygens (including phenoxy) is 1. The Morgan fingerprint density at radius 1 is 1.78 bits per heavy atom. The maximum atomic E-state index is 4.88. The van der Waals surface area contributed by atoms with Crippen molar-refractivity contribution in [1.29, 1.82) is 0 Å². The molecule has 0 radical (unpaired) electrons. The molecule has 9 heavy (non-hydrogen) atoms. The molecule has 0 saturated carbocycles. The van der Waals surface area contributed by atoms with Gasteiger partial charge in [0, 0.05) is 19.0 Å². The van der Waals surface area contributed by atoms with E-state index in [4.69, 9.17) is 4.74 Å². The van der Waals surface area contributed by atoms with E-state index in [2.05, 4.69) is 22.5 Å². The van der Waals surface area contributed by atoms with Crippen LogP contribution in [-0.4, -0.2) is 30.6 Å². The summed E-state index contributed by atoms with van der Waals surface area (Å²) in [5.41, 5.74) is 0. The zero-order valence-corrected chi connectivity index (χ0v) is 7.23. The first-order valence-electron chi connectivity index (χ1n) is 2.76.